The summed E-state index contributed by atoms with van der Waals surface area (Å²) >= 11 is 0. The Bertz CT molecular complexity index is 1270. The summed E-state index contributed by atoms with van der Waals surface area (Å²) in [6.45, 7) is 0.581. The van der Waals surface area contributed by atoms with Gasteiger partial charge < -0.3 is 23.7 Å². The number of benzene rings is 4. The van der Waals surface area contributed by atoms with E-state index >= 15 is 0 Å². The Labute approximate surface area is 235 Å². The Morgan fingerprint density at radius 3 is 1.40 bits per heavy atom. The summed E-state index contributed by atoms with van der Waals surface area (Å²) in [5.74, 6) is -0.333. The molecule has 0 aliphatic rings. The number of aldehydes is 1. The van der Waals surface area contributed by atoms with Crippen molar-refractivity contribution in [1.82, 2.24) is 0 Å². The van der Waals surface area contributed by atoms with Crippen molar-refractivity contribution >= 4 is 12.1 Å². The van der Waals surface area contributed by atoms with E-state index in [-0.39, 0.29) is 38.8 Å². The van der Waals surface area contributed by atoms with Crippen LogP contribution in [0.4, 0.5) is 0 Å². The van der Waals surface area contributed by atoms with Crippen LogP contribution < -0.4 is 0 Å². The molecular weight excluding hydrogens is 504 g/mol. The summed E-state index contributed by atoms with van der Waals surface area (Å²) in [4.78, 5) is 26.0. The van der Waals surface area contributed by atoms with Gasteiger partial charge in [0.15, 0.2) is 12.1 Å². The minimum atomic E-state index is -1.11. The molecule has 0 N–H and O–H groups in total. The number of ketones is 1. The van der Waals surface area contributed by atoms with Gasteiger partial charge in [-0.1, -0.05) is 121 Å². The first-order valence-electron chi connectivity index (χ1n) is 13.3. The Hall–Kier alpha value is -3.94. The smallest absolute Gasteiger partial charge is 0.189 e. The molecular formula is C34H34O6. The predicted molar refractivity (Wildman–Crippen MR) is 152 cm³/mol. The van der Waals surface area contributed by atoms with Crippen LogP contribution in [0, 0.1) is 0 Å². The molecule has 0 aromatic heterocycles. The van der Waals surface area contributed by atoms with Crippen molar-refractivity contribution < 1.29 is 28.5 Å². The van der Waals surface area contributed by atoms with Crippen LogP contribution in [0.5, 0.6) is 0 Å². The van der Waals surface area contributed by atoms with Crippen LogP contribution in [-0.4, -0.2) is 37.0 Å². The van der Waals surface area contributed by atoms with Crippen LogP contribution in [0.25, 0.3) is 0 Å². The average Bonchev–Trinajstić information content (AvgIpc) is 3.01. The molecule has 40 heavy (non-hydrogen) atoms. The van der Waals surface area contributed by atoms with Gasteiger partial charge in [0.2, 0.25) is 0 Å². The molecule has 0 aliphatic heterocycles. The lowest BCUT2D eigenvalue weighted by Gasteiger charge is -2.30. The number of hydrogen-bond donors (Lipinski definition) is 0. The summed E-state index contributed by atoms with van der Waals surface area (Å²) in [5, 5.41) is 0. The van der Waals surface area contributed by atoms with Crippen molar-refractivity contribution in [3.05, 3.63) is 144 Å². The van der Waals surface area contributed by atoms with Crippen LogP contribution in [0.15, 0.2) is 121 Å². The molecule has 4 rings (SSSR count). The average molecular weight is 539 g/mol. The molecule has 4 aromatic carbocycles. The summed E-state index contributed by atoms with van der Waals surface area (Å²) in [6, 6.07) is 38.2. The van der Waals surface area contributed by atoms with Crippen LogP contribution in [0.1, 0.15) is 22.3 Å². The third-order valence-electron chi connectivity index (χ3n) is 6.27. The normalized spacial score (nSPS) is 13.3. The van der Waals surface area contributed by atoms with E-state index in [9.17, 15) is 9.59 Å². The molecule has 6 heteroatoms. The highest BCUT2D eigenvalue weighted by Crippen LogP contribution is 2.19. The molecule has 0 unspecified atom stereocenters. The molecule has 0 radical (unpaired) electrons. The van der Waals surface area contributed by atoms with Crippen LogP contribution in [0.3, 0.4) is 0 Å². The van der Waals surface area contributed by atoms with Gasteiger partial charge in [-0.2, -0.15) is 0 Å². The highest BCUT2D eigenvalue weighted by Gasteiger charge is 2.37. The maximum absolute atomic E-state index is 13.6. The molecule has 206 valence electrons. The van der Waals surface area contributed by atoms with Gasteiger partial charge in [-0.3, -0.25) is 4.79 Å². The van der Waals surface area contributed by atoms with Gasteiger partial charge in [-0.05, 0) is 22.3 Å². The lowest BCUT2D eigenvalue weighted by molar-refractivity contribution is -0.171. The van der Waals surface area contributed by atoms with E-state index in [1.54, 1.807) is 0 Å². The highest BCUT2D eigenvalue weighted by molar-refractivity contribution is 5.85. The first kappa shape index (κ1) is 29.1. The zero-order valence-electron chi connectivity index (χ0n) is 22.3. The fraction of sp³-hybridized carbons (Fsp3) is 0.235. The first-order chi connectivity index (χ1) is 19.7. The highest BCUT2D eigenvalue weighted by atomic mass is 16.6. The van der Waals surface area contributed by atoms with Crippen molar-refractivity contribution in [3.63, 3.8) is 0 Å². The third kappa shape index (κ3) is 9.36. The number of hydrogen-bond acceptors (Lipinski definition) is 6. The van der Waals surface area contributed by atoms with E-state index in [2.05, 4.69) is 0 Å². The van der Waals surface area contributed by atoms with Crippen LogP contribution >= 0.6 is 0 Å². The van der Waals surface area contributed by atoms with Crippen molar-refractivity contribution in [1.29, 1.82) is 0 Å². The van der Waals surface area contributed by atoms with E-state index in [1.807, 2.05) is 121 Å². The monoisotopic (exact) mass is 538 g/mol. The topological polar surface area (TPSA) is 71.1 Å². The zero-order chi connectivity index (χ0) is 27.8. The minimum Gasteiger partial charge on any atom is -0.369 e. The van der Waals surface area contributed by atoms with E-state index < -0.39 is 18.3 Å². The number of carbonyl (C=O) groups is 2. The third-order valence-corrected chi connectivity index (χ3v) is 6.27. The van der Waals surface area contributed by atoms with Gasteiger partial charge in [0.1, 0.15) is 24.9 Å². The van der Waals surface area contributed by atoms with Gasteiger partial charge in [0.25, 0.3) is 0 Å². The second kappa shape index (κ2) is 16.2. The molecule has 0 spiro atoms. The molecule has 0 aliphatic carbocycles. The van der Waals surface area contributed by atoms with Gasteiger partial charge in [-0.25, -0.2) is 0 Å². The van der Waals surface area contributed by atoms with Crippen molar-refractivity contribution in [3.8, 4) is 0 Å². The Balaban J connectivity index is 1.54. The van der Waals surface area contributed by atoms with Crippen molar-refractivity contribution in [2.45, 2.75) is 44.7 Å². The fourth-order valence-electron chi connectivity index (χ4n) is 4.16. The Morgan fingerprint density at radius 2 is 0.950 bits per heavy atom. The van der Waals surface area contributed by atoms with Gasteiger partial charge in [0, 0.05) is 0 Å². The number of carbonyl (C=O) groups excluding carboxylic acids is 2. The zero-order valence-corrected chi connectivity index (χ0v) is 22.3. The molecule has 3 atom stereocenters. The van der Waals surface area contributed by atoms with Gasteiger partial charge in [-0.15, -0.1) is 0 Å². The molecule has 0 heterocycles. The number of rotatable bonds is 17. The lowest BCUT2D eigenvalue weighted by Crippen LogP contribution is -2.48. The van der Waals surface area contributed by atoms with E-state index in [1.165, 1.54) is 0 Å². The van der Waals surface area contributed by atoms with Crippen molar-refractivity contribution in [2.75, 3.05) is 6.61 Å². The molecule has 4 aromatic rings. The van der Waals surface area contributed by atoms with Crippen LogP contribution in [-0.2, 0) is 55.0 Å². The molecule has 6 nitrogen and oxygen atoms in total. The van der Waals surface area contributed by atoms with Crippen LogP contribution in [0.2, 0.25) is 0 Å². The number of ether oxygens (including phenoxy) is 4. The lowest BCUT2D eigenvalue weighted by atomic mass is 10.0. The minimum absolute atomic E-state index is 0.158. The van der Waals surface area contributed by atoms with Gasteiger partial charge in [0.05, 0.1) is 26.4 Å². The summed E-state index contributed by atoms with van der Waals surface area (Å²) < 4.78 is 24.2. The van der Waals surface area contributed by atoms with Crippen molar-refractivity contribution in [2.24, 2.45) is 0 Å². The van der Waals surface area contributed by atoms with Gasteiger partial charge >= 0.3 is 0 Å². The second-order valence-corrected chi connectivity index (χ2v) is 9.32. The molecule has 0 saturated heterocycles. The maximum Gasteiger partial charge on any atom is 0.189 e. The predicted octanol–water partition coefficient (Wildman–Crippen LogP) is 5.73. The summed E-state index contributed by atoms with van der Waals surface area (Å²) in [6.07, 6.45) is -2.48. The fourth-order valence-corrected chi connectivity index (χ4v) is 4.16. The number of Topliss-reactive ketones (excluding diaryl/α,β-unsaturated/α-hetero) is 1. The van der Waals surface area contributed by atoms with E-state index in [0.29, 0.717) is 6.29 Å². The Kier molecular flexibility index (Phi) is 11.8. The molecule has 0 saturated carbocycles. The quantitative estimate of drug-likeness (QED) is 0.160. The largest absolute Gasteiger partial charge is 0.369 e. The van der Waals surface area contributed by atoms with E-state index in [0.717, 1.165) is 22.3 Å². The molecule has 0 fully saturated rings. The standard InChI is InChI=1S/C34H34O6/c35-21-32(38-23-28-15-7-2-8-16-28)34(40-25-30-19-11-4-12-20-30)33(39-24-29-17-9-3-10-18-29)31(36)26-37-22-27-13-5-1-6-14-27/h1-21,32-34H,22-26H2/t32-,33-,34-/m1/s1. The Morgan fingerprint density at radius 1 is 0.550 bits per heavy atom. The van der Waals surface area contributed by atoms with E-state index in [4.69, 9.17) is 18.9 Å². The molecule has 0 bridgehead atoms. The maximum atomic E-state index is 13.6. The second-order valence-electron chi connectivity index (χ2n) is 9.32. The first-order valence-corrected chi connectivity index (χ1v) is 13.3. The summed E-state index contributed by atoms with van der Waals surface area (Å²) in [5.41, 5.74) is 3.64. The summed E-state index contributed by atoms with van der Waals surface area (Å²) in [7, 11) is 0. The SMILES string of the molecule is O=C[C@@H](OCc1ccccc1)[C@@H](OCc1ccccc1)[C@H](OCc1ccccc1)C(=O)COCc1ccccc1. The molecule has 0 amide bonds.